The number of phenols is 1. The van der Waals surface area contributed by atoms with Crippen LogP contribution in [0.2, 0.25) is 0 Å². The van der Waals surface area contributed by atoms with E-state index in [-0.39, 0.29) is 25.2 Å². The van der Waals surface area contributed by atoms with E-state index < -0.39 is 0 Å². The van der Waals surface area contributed by atoms with Gasteiger partial charge in [0.25, 0.3) is 0 Å². The fourth-order valence-corrected chi connectivity index (χ4v) is 2.85. The fourth-order valence-electron chi connectivity index (χ4n) is 2.85. The van der Waals surface area contributed by atoms with Gasteiger partial charge in [0.2, 0.25) is 0 Å². The first-order valence-corrected chi connectivity index (χ1v) is 6.89. The second-order valence-corrected chi connectivity index (χ2v) is 5.06. The zero-order valence-electron chi connectivity index (χ0n) is 12.0. The standard InChI is InChI=1S/C19H13NO.Zn/c21-18-11-10-16(17-9-4-12-20-19(17)18)15-8-3-6-13-5-1-2-7-14(13)15;/h1-12,21H;. The van der Waals surface area contributed by atoms with Crippen LogP contribution in [0.15, 0.2) is 72.9 Å². The Hall–Kier alpha value is -2.25. The molecule has 1 aromatic heterocycles. The normalized spacial score (nSPS) is 10.5. The molecule has 22 heavy (non-hydrogen) atoms. The molecule has 3 heteroatoms. The average molecular weight is 337 g/mol. The summed E-state index contributed by atoms with van der Waals surface area (Å²) in [6, 6.07) is 22.2. The molecule has 0 unspecified atom stereocenters. The van der Waals surface area contributed by atoms with Crippen molar-refractivity contribution in [2.24, 2.45) is 0 Å². The molecule has 0 aliphatic rings. The molecule has 0 amide bonds. The second-order valence-electron chi connectivity index (χ2n) is 5.06. The largest absolute Gasteiger partial charge is 0.506 e. The molecule has 4 aromatic rings. The van der Waals surface area contributed by atoms with Gasteiger partial charge in [-0.2, -0.15) is 0 Å². The van der Waals surface area contributed by atoms with E-state index in [1.807, 2.05) is 30.3 Å². The summed E-state index contributed by atoms with van der Waals surface area (Å²) >= 11 is 0. The van der Waals surface area contributed by atoms with Crippen LogP contribution in [0.25, 0.3) is 32.8 Å². The third kappa shape index (κ3) is 2.28. The Labute approximate surface area is 141 Å². The van der Waals surface area contributed by atoms with Gasteiger partial charge in [0.05, 0.1) is 0 Å². The number of aromatic nitrogens is 1. The third-order valence-corrected chi connectivity index (χ3v) is 3.83. The van der Waals surface area contributed by atoms with E-state index in [1.54, 1.807) is 12.3 Å². The van der Waals surface area contributed by atoms with Gasteiger partial charge < -0.3 is 5.11 Å². The molecule has 4 rings (SSSR count). The maximum atomic E-state index is 9.99. The maximum Gasteiger partial charge on any atom is 0.141 e. The molecule has 0 aliphatic heterocycles. The number of hydrogen-bond acceptors (Lipinski definition) is 2. The molecule has 0 aliphatic carbocycles. The molecule has 0 spiro atoms. The van der Waals surface area contributed by atoms with E-state index in [2.05, 4.69) is 35.3 Å². The zero-order valence-corrected chi connectivity index (χ0v) is 15.0. The van der Waals surface area contributed by atoms with Crippen LogP contribution in [0.5, 0.6) is 5.75 Å². The van der Waals surface area contributed by atoms with Gasteiger partial charge in [-0.1, -0.05) is 48.5 Å². The van der Waals surface area contributed by atoms with Gasteiger partial charge in [0, 0.05) is 31.1 Å². The number of aromatic hydroxyl groups is 1. The van der Waals surface area contributed by atoms with Crippen molar-refractivity contribution in [2.45, 2.75) is 0 Å². The monoisotopic (exact) mass is 335 g/mol. The first-order valence-electron chi connectivity index (χ1n) is 6.89. The number of rotatable bonds is 1. The van der Waals surface area contributed by atoms with Crippen molar-refractivity contribution in [3.8, 4) is 16.9 Å². The summed E-state index contributed by atoms with van der Waals surface area (Å²) in [6.07, 6.45) is 1.70. The summed E-state index contributed by atoms with van der Waals surface area (Å²) in [4.78, 5) is 4.30. The van der Waals surface area contributed by atoms with Gasteiger partial charge in [-0.25, -0.2) is 0 Å². The SMILES string of the molecule is Oc1ccc(-c2cccc3ccccc23)c2cccnc12.[Zn]. The molecule has 0 fully saturated rings. The molecular formula is C19H13NOZn. The Morgan fingerprint density at radius 3 is 2.32 bits per heavy atom. The zero-order chi connectivity index (χ0) is 14.2. The van der Waals surface area contributed by atoms with E-state index in [0.29, 0.717) is 5.52 Å². The van der Waals surface area contributed by atoms with Gasteiger partial charge in [-0.3, -0.25) is 4.98 Å². The van der Waals surface area contributed by atoms with E-state index in [9.17, 15) is 5.11 Å². The minimum Gasteiger partial charge on any atom is -0.506 e. The summed E-state index contributed by atoms with van der Waals surface area (Å²) in [7, 11) is 0. The Bertz CT molecular complexity index is 960. The Morgan fingerprint density at radius 2 is 1.41 bits per heavy atom. The third-order valence-electron chi connectivity index (χ3n) is 3.83. The van der Waals surface area contributed by atoms with Crippen molar-refractivity contribution in [1.82, 2.24) is 4.98 Å². The molecule has 1 heterocycles. The summed E-state index contributed by atoms with van der Waals surface area (Å²) in [5.74, 6) is 0.217. The van der Waals surface area contributed by atoms with Crippen molar-refractivity contribution in [1.29, 1.82) is 0 Å². The molecule has 0 atom stereocenters. The predicted octanol–water partition coefficient (Wildman–Crippen LogP) is 4.76. The fraction of sp³-hybridized carbons (Fsp3) is 0. The summed E-state index contributed by atoms with van der Waals surface area (Å²) in [5.41, 5.74) is 2.89. The predicted molar refractivity (Wildman–Crippen MR) is 86.3 cm³/mol. The molecule has 102 valence electrons. The van der Waals surface area contributed by atoms with Crippen molar-refractivity contribution >= 4 is 21.7 Å². The molecule has 0 saturated heterocycles. The van der Waals surface area contributed by atoms with Crippen LogP contribution >= 0.6 is 0 Å². The number of benzene rings is 3. The van der Waals surface area contributed by atoms with Crippen molar-refractivity contribution in [2.75, 3.05) is 0 Å². The van der Waals surface area contributed by atoms with Gasteiger partial charge in [0.1, 0.15) is 11.3 Å². The number of pyridine rings is 1. The average Bonchev–Trinajstić information content (AvgIpc) is 2.55. The molecule has 0 radical (unpaired) electrons. The van der Waals surface area contributed by atoms with Crippen LogP contribution in [0, 0.1) is 0 Å². The van der Waals surface area contributed by atoms with E-state index >= 15 is 0 Å². The van der Waals surface area contributed by atoms with Crippen LogP contribution in [0.1, 0.15) is 0 Å². The van der Waals surface area contributed by atoms with Crippen molar-refractivity contribution < 1.29 is 24.6 Å². The van der Waals surface area contributed by atoms with Crippen molar-refractivity contribution in [3.05, 3.63) is 72.9 Å². The van der Waals surface area contributed by atoms with E-state index in [4.69, 9.17) is 0 Å². The van der Waals surface area contributed by atoms with Gasteiger partial charge in [-0.15, -0.1) is 0 Å². The smallest absolute Gasteiger partial charge is 0.141 e. The van der Waals surface area contributed by atoms with Gasteiger partial charge in [0.15, 0.2) is 0 Å². The van der Waals surface area contributed by atoms with Crippen LogP contribution in [-0.2, 0) is 19.5 Å². The summed E-state index contributed by atoms with van der Waals surface area (Å²) in [6.45, 7) is 0. The molecule has 0 bridgehead atoms. The summed E-state index contributed by atoms with van der Waals surface area (Å²) in [5, 5.41) is 13.4. The molecule has 1 N–H and O–H groups in total. The number of phenolic OH excluding ortho intramolecular Hbond substituents is 1. The topological polar surface area (TPSA) is 33.1 Å². The molecule has 0 saturated carbocycles. The minimum atomic E-state index is 0. The second kappa shape index (κ2) is 5.86. The number of fused-ring (bicyclic) bond motifs is 2. The Balaban J connectivity index is 0.00000144. The van der Waals surface area contributed by atoms with Crippen molar-refractivity contribution in [3.63, 3.8) is 0 Å². The Morgan fingerprint density at radius 1 is 0.682 bits per heavy atom. The first-order chi connectivity index (χ1) is 10.3. The number of hydrogen-bond donors (Lipinski definition) is 1. The maximum absolute atomic E-state index is 9.99. The van der Waals surface area contributed by atoms with Crippen LogP contribution < -0.4 is 0 Å². The van der Waals surface area contributed by atoms with E-state index in [1.165, 1.54) is 10.8 Å². The van der Waals surface area contributed by atoms with Gasteiger partial charge >= 0.3 is 0 Å². The van der Waals surface area contributed by atoms with Crippen LogP contribution in [0.4, 0.5) is 0 Å². The molecular weight excluding hydrogens is 324 g/mol. The Kier molecular flexibility index (Phi) is 3.91. The molecule has 2 nitrogen and oxygen atoms in total. The van der Waals surface area contributed by atoms with Crippen LogP contribution in [0.3, 0.4) is 0 Å². The van der Waals surface area contributed by atoms with Gasteiger partial charge in [-0.05, 0) is 40.1 Å². The quantitative estimate of drug-likeness (QED) is 0.508. The van der Waals surface area contributed by atoms with Crippen LogP contribution in [-0.4, -0.2) is 10.1 Å². The van der Waals surface area contributed by atoms with E-state index in [0.717, 1.165) is 16.5 Å². The number of nitrogens with zero attached hydrogens (tertiary/aromatic N) is 1. The molecule has 3 aromatic carbocycles. The minimum absolute atomic E-state index is 0. The first kappa shape index (κ1) is 14.7. The summed E-state index contributed by atoms with van der Waals surface area (Å²) < 4.78 is 0.